The van der Waals surface area contributed by atoms with Crippen molar-refractivity contribution in [1.82, 2.24) is 9.80 Å². The zero-order chi connectivity index (χ0) is 25.4. The van der Waals surface area contributed by atoms with Gasteiger partial charge in [-0.25, -0.2) is 4.39 Å². The molecule has 5 rings (SSSR count). The summed E-state index contributed by atoms with van der Waals surface area (Å²) in [5.74, 6) is 0.314. The molecule has 3 aliphatic rings. The summed E-state index contributed by atoms with van der Waals surface area (Å²) in [4.78, 5) is 20.5. The molecular formula is C29H38ClFN4O. The second-order valence-corrected chi connectivity index (χ2v) is 11.5. The van der Waals surface area contributed by atoms with Gasteiger partial charge in [0.1, 0.15) is 5.82 Å². The third kappa shape index (κ3) is 5.00. The van der Waals surface area contributed by atoms with Gasteiger partial charge in [-0.05, 0) is 48.1 Å². The maximum Gasteiger partial charge on any atom is 0.227 e. The van der Waals surface area contributed by atoms with Crippen molar-refractivity contribution in [1.29, 1.82) is 0 Å². The van der Waals surface area contributed by atoms with E-state index < -0.39 is 0 Å². The number of carbonyl (C=O) groups is 1. The van der Waals surface area contributed by atoms with Crippen LogP contribution in [0.2, 0.25) is 5.02 Å². The SMILES string of the molecule is CC(C)[C@H](N)c1cccc(F)c1N1CCN(C(=O)[C@@H]2CN(C3CCC3)C[C@H]2c2ccc(Cl)cc2)CC1. The van der Waals surface area contributed by atoms with Crippen LogP contribution in [0.5, 0.6) is 0 Å². The second kappa shape index (κ2) is 10.7. The van der Waals surface area contributed by atoms with E-state index in [1.165, 1.54) is 30.9 Å². The normalized spacial score (nSPS) is 24.3. The van der Waals surface area contributed by atoms with Crippen LogP contribution in [0.15, 0.2) is 42.5 Å². The van der Waals surface area contributed by atoms with E-state index >= 15 is 0 Å². The fourth-order valence-corrected chi connectivity index (χ4v) is 6.19. The quantitative estimate of drug-likeness (QED) is 0.588. The molecule has 1 amide bonds. The monoisotopic (exact) mass is 512 g/mol. The van der Waals surface area contributed by atoms with Crippen LogP contribution in [-0.2, 0) is 4.79 Å². The predicted octanol–water partition coefficient (Wildman–Crippen LogP) is 5.05. The van der Waals surface area contributed by atoms with E-state index in [4.69, 9.17) is 17.3 Å². The van der Waals surface area contributed by atoms with Crippen molar-refractivity contribution < 1.29 is 9.18 Å². The van der Waals surface area contributed by atoms with Crippen LogP contribution < -0.4 is 10.6 Å². The van der Waals surface area contributed by atoms with Crippen molar-refractivity contribution in [2.45, 2.75) is 51.1 Å². The van der Waals surface area contributed by atoms with Crippen molar-refractivity contribution in [2.75, 3.05) is 44.2 Å². The predicted molar refractivity (Wildman–Crippen MR) is 144 cm³/mol. The van der Waals surface area contributed by atoms with Gasteiger partial charge in [0.25, 0.3) is 0 Å². The fourth-order valence-electron chi connectivity index (χ4n) is 6.06. The Hall–Kier alpha value is -2.15. The molecule has 0 spiro atoms. The molecular weight excluding hydrogens is 475 g/mol. The molecule has 2 N–H and O–H groups in total. The van der Waals surface area contributed by atoms with Crippen molar-refractivity contribution >= 4 is 23.2 Å². The highest BCUT2D eigenvalue weighted by Crippen LogP contribution is 2.39. The minimum Gasteiger partial charge on any atom is -0.365 e. The first-order chi connectivity index (χ1) is 17.3. The van der Waals surface area contributed by atoms with Gasteiger partial charge >= 0.3 is 0 Å². The smallest absolute Gasteiger partial charge is 0.227 e. The minimum absolute atomic E-state index is 0.0586. The van der Waals surface area contributed by atoms with Gasteiger partial charge in [-0.3, -0.25) is 9.69 Å². The van der Waals surface area contributed by atoms with Gasteiger partial charge < -0.3 is 15.5 Å². The zero-order valence-corrected chi connectivity index (χ0v) is 22.1. The number of piperazine rings is 1. The molecule has 194 valence electrons. The summed E-state index contributed by atoms with van der Waals surface area (Å²) in [6.45, 7) is 8.26. The third-order valence-electron chi connectivity index (χ3n) is 8.56. The summed E-state index contributed by atoms with van der Waals surface area (Å²) < 4.78 is 15.0. The number of nitrogens with zero attached hydrogens (tertiary/aromatic N) is 3. The number of anilines is 1. The van der Waals surface area contributed by atoms with Crippen molar-refractivity contribution in [3.05, 3.63) is 64.4 Å². The Balaban J connectivity index is 1.30. The highest BCUT2D eigenvalue weighted by Gasteiger charge is 2.44. The average molecular weight is 513 g/mol. The van der Waals surface area contributed by atoms with E-state index in [1.807, 2.05) is 23.1 Å². The Labute approximate surface area is 219 Å². The Bertz CT molecular complexity index is 1070. The fraction of sp³-hybridized carbons (Fsp3) is 0.552. The number of hydrogen-bond donors (Lipinski definition) is 1. The number of amides is 1. The van der Waals surface area contributed by atoms with E-state index in [9.17, 15) is 9.18 Å². The highest BCUT2D eigenvalue weighted by atomic mass is 35.5. The molecule has 2 aliphatic heterocycles. The van der Waals surface area contributed by atoms with Crippen molar-refractivity contribution in [3.63, 3.8) is 0 Å². The first-order valence-electron chi connectivity index (χ1n) is 13.4. The van der Waals surface area contributed by atoms with Crippen molar-refractivity contribution in [2.24, 2.45) is 17.6 Å². The molecule has 0 bridgehead atoms. The number of halogens is 2. The van der Waals surface area contributed by atoms with E-state index in [2.05, 4.69) is 35.8 Å². The molecule has 1 aliphatic carbocycles. The lowest BCUT2D eigenvalue weighted by atomic mass is 9.88. The molecule has 2 heterocycles. The number of likely N-dealkylation sites (tertiary alicyclic amines) is 1. The number of rotatable bonds is 6. The lowest BCUT2D eigenvalue weighted by Gasteiger charge is -2.39. The average Bonchev–Trinajstić information content (AvgIpc) is 3.27. The summed E-state index contributed by atoms with van der Waals surface area (Å²) in [6, 6.07) is 13.6. The van der Waals surface area contributed by atoms with Crippen LogP contribution in [0, 0.1) is 17.7 Å². The van der Waals surface area contributed by atoms with E-state index in [-0.39, 0.29) is 35.5 Å². The van der Waals surface area contributed by atoms with Gasteiger partial charge in [0.05, 0.1) is 11.6 Å². The van der Waals surface area contributed by atoms with Gasteiger partial charge in [-0.1, -0.05) is 56.1 Å². The molecule has 36 heavy (non-hydrogen) atoms. The van der Waals surface area contributed by atoms with E-state index in [1.54, 1.807) is 6.07 Å². The molecule has 2 saturated heterocycles. The van der Waals surface area contributed by atoms with Crippen LogP contribution >= 0.6 is 11.6 Å². The highest BCUT2D eigenvalue weighted by molar-refractivity contribution is 6.30. The molecule has 7 heteroatoms. The molecule has 0 aromatic heterocycles. The lowest BCUT2D eigenvalue weighted by Crippen LogP contribution is -2.52. The maximum atomic E-state index is 15.0. The molecule has 1 saturated carbocycles. The number of carbonyl (C=O) groups excluding carboxylic acids is 1. The van der Waals surface area contributed by atoms with Crippen LogP contribution in [0.25, 0.3) is 0 Å². The minimum atomic E-state index is -0.238. The molecule has 0 unspecified atom stereocenters. The molecule has 5 nitrogen and oxygen atoms in total. The number of para-hydroxylation sites is 1. The molecule has 3 atom stereocenters. The molecule has 2 aromatic carbocycles. The molecule has 0 radical (unpaired) electrons. The Morgan fingerprint density at radius 3 is 2.33 bits per heavy atom. The summed E-state index contributed by atoms with van der Waals surface area (Å²) in [6.07, 6.45) is 3.75. The maximum absolute atomic E-state index is 15.0. The number of benzene rings is 2. The van der Waals surface area contributed by atoms with Gasteiger partial charge in [0, 0.05) is 62.3 Å². The van der Waals surface area contributed by atoms with Gasteiger partial charge in [-0.15, -0.1) is 0 Å². The Morgan fingerprint density at radius 2 is 1.72 bits per heavy atom. The van der Waals surface area contributed by atoms with E-state index in [0.717, 1.165) is 23.7 Å². The molecule has 3 fully saturated rings. The summed E-state index contributed by atoms with van der Waals surface area (Å²) in [5, 5.41) is 0.719. The summed E-state index contributed by atoms with van der Waals surface area (Å²) >= 11 is 6.15. The van der Waals surface area contributed by atoms with Gasteiger partial charge in [0.15, 0.2) is 0 Å². The number of nitrogens with two attached hydrogens (primary N) is 1. The van der Waals surface area contributed by atoms with Crippen LogP contribution in [-0.4, -0.2) is 61.0 Å². The second-order valence-electron chi connectivity index (χ2n) is 11.1. The van der Waals surface area contributed by atoms with E-state index in [0.29, 0.717) is 37.9 Å². The Morgan fingerprint density at radius 1 is 1.03 bits per heavy atom. The van der Waals surface area contributed by atoms with Crippen LogP contribution in [0.3, 0.4) is 0 Å². The van der Waals surface area contributed by atoms with Crippen LogP contribution in [0.4, 0.5) is 10.1 Å². The number of hydrogen-bond acceptors (Lipinski definition) is 4. The Kier molecular flexibility index (Phi) is 7.57. The lowest BCUT2D eigenvalue weighted by molar-refractivity contribution is -0.136. The van der Waals surface area contributed by atoms with Gasteiger partial charge in [-0.2, -0.15) is 0 Å². The van der Waals surface area contributed by atoms with Crippen molar-refractivity contribution in [3.8, 4) is 0 Å². The molecule has 2 aromatic rings. The summed E-state index contributed by atoms with van der Waals surface area (Å²) in [5.41, 5.74) is 9.07. The topological polar surface area (TPSA) is 52.8 Å². The third-order valence-corrected chi connectivity index (χ3v) is 8.81. The first-order valence-corrected chi connectivity index (χ1v) is 13.8. The standard InChI is InChI=1S/C29H38ClFN4O/c1-19(2)27(32)23-7-4-8-26(31)28(23)33-13-15-34(16-14-33)29(36)25-18-35(22-5-3-6-22)17-24(25)20-9-11-21(30)12-10-20/h4,7-12,19,22,24-25,27H,3,5-6,13-18,32H2,1-2H3/t24-,25+,27-/m0/s1. The zero-order valence-electron chi connectivity index (χ0n) is 21.4. The van der Waals surface area contributed by atoms with Gasteiger partial charge in [0.2, 0.25) is 5.91 Å². The first kappa shape index (κ1) is 25.5. The summed E-state index contributed by atoms with van der Waals surface area (Å²) in [7, 11) is 0. The van der Waals surface area contributed by atoms with Crippen LogP contribution in [0.1, 0.15) is 56.2 Å². The largest absolute Gasteiger partial charge is 0.365 e.